The maximum absolute atomic E-state index is 17.1. The summed E-state index contributed by atoms with van der Waals surface area (Å²) in [7, 11) is 3.40. The lowest BCUT2D eigenvalue weighted by atomic mass is 9.49. The number of benzene rings is 4. The fourth-order valence-electron chi connectivity index (χ4n) is 10.9. The summed E-state index contributed by atoms with van der Waals surface area (Å²) in [6.07, 6.45) is 13.7. The number of hydrogen-bond donors (Lipinski definition) is 0. The Morgan fingerprint density at radius 3 is 1.34 bits per heavy atom. The van der Waals surface area contributed by atoms with Crippen LogP contribution in [0.15, 0.2) is 131 Å². The largest absolute Gasteiger partial charge is 0.497 e. The van der Waals surface area contributed by atoms with Crippen molar-refractivity contribution in [2.75, 3.05) is 37.1 Å². The van der Waals surface area contributed by atoms with Crippen molar-refractivity contribution in [2.45, 2.75) is 64.7 Å². The highest BCUT2D eigenvalue weighted by Gasteiger charge is 2.71. The van der Waals surface area contributed by atoms with Crippen molar-refractivity contribution >= 4 is 29.6 Å². The van der Waals surface area contributed by atoms with Crippen LogP contribution in [0.2, 0.25) is 0 Å². The Kier molecular flexibility index (Phi) is 9.76. The smallest absolute Gasteiger partial charge is 0.161 e. The van der Waals surface area contributed by atoms with Crippen LogP contribution in [0.4, 0.5) is 11.4 Å². The van der Waals surface area contributed by atoms with E-state index >= 15 is 4.79 Å². The van der Waals surface area contributed by atoms with Crippen molar-refractivity contribution in [2.24, 2.45) is 32.7 Å². The molecule has 7 heteroatoms. The normalized spacial score (nSPS) is 26.2. The average Bonchev–Trinajstić information content (AvgIpc) is 3.76. The molecule has 0 N–H and O–H groups in total. The van der Waals surface area contributed by atoms with E-state index in [4.69, 9.17) is 19.5 Å². The first-order valence-corrected chi connectivity index (χ1v) is 20.0. The summed E-state index contributed by atoms with van der Waals surface area (Å²) >= 11 is 0. The topological polar surface area (TPSA) is 66.7 Å². The van der Waals surface area contributed by atoms with Crippen molar-refractivity contribution in [3.63, 3.8) is 0 Å². The number of rotatable bonds is 12. The summed E-state index contributed by atoms with van der Waals surface area (Å²) in [6.45, 7) is 11.2. The zero-order chi connectivity index (χ0) is 39.1. The van der Waals surface area contributed by atoms with Crippen LogP contribution in [-0.4, -0.2) is 56.6 Å². The average molecular weight is 747 g/mol. The lowest BCUT2D eigenvalue weighted by Gasteiger charge is -2.61. The van der Waals surface area contributed by atoms with E-state index in [0.717, 1.165) is 35.5 Å². The van der Waals surface area contributed by atoms with Gasteiger partial charge in [-0.25, -0.2) is 0 Å². The van der Waals surface area contributed by atoms with E-state index in [2.05, 4.69) is 122 Å². The van der Waals surface area contributed by atoms with Crippen molar-refractivity contribution in [3.05, 3.63) is 144 Å². The Morgan fingerprint density at radius 2 is 1.00 bits per heavy atom. The Morgan fingerprint density at radius 1 is 0.607 bits per heavy atom. The molecule has 7 nitrogen and oxygen atoms in total. The highest BCUT2D eigenvalue weighted by Crippen LogP contribution is 2.62. The quantitative estimate of drug-likeness (QED) is 0.145. The summed E-state index contributed by atoms with van der Waals surface area (Å²) in [5.74, 6) is 1.96. The number of anilines is 2. The maximum atomic E-state index is 17.1. The molecule has 0 radical (unpaired) electrons. The van der Waals surface area contributed by atoms with Crippen LogP contribution >= 0.6 is 0 Å². The summed E-state index contributed by atoms with van der Waals surface area (Å²) in [5, 5.41) is 0. The van der Waals surface area contributed by atoms with E-state index in [9.17, 15) is 0 Å². The number of carbonyl (C=O) groups excluding carboxylic acids is 1. The fraction of sp³-hybridized carbons (Fsp3) is 0.367. The second-order valence-corrected chi connectivity index (χ2v) is 16.6. The Hall–Kier alpha value is -5.43. The Balaban J connectivity index is 1.35. The third-order valence-electron chi connectivity index (χ3n) is 13.5. The van der Waals surface area contributed by atoms with E-state index in [0.29, 0.717) is 26.2 Å². The Labute approximate surface area is 332 Å². The van der Waals surface area contributed by atoms with Gasteiger partial charge in [0, 0.05) is 36.9 Å². The van der Waals surface area contributed by atoms with E-state index in [-0.39, 0.29) is 17.6 Å². The van der Waals surface area contributed by atoms with Gasteiger partial charge in [-0.2, -0.15) is 0 Å². The Bertz CT molecular complexity index is 2050. The van der Waals surface area contributed by atoms with Crippen LogP contribution in [0.3, 0.4) is 0 Å². The number of methoxy groups -OCH3 is 2. The molecule has 4 heterocycles. The van der Waals surface area contributed by atoms with E-state index in [1.165, 1.54) is 22.5 Å². The molecule has 0 aromatic heterocycles. The van der Waals surface area contributed by atoms with Gasteiger partial charge in [0.15, 0.2) is 5.78 Å². The van der Waals surface area contributed by atoms with Crippen LogP contribution in [0.1, 0.15) is 49.9 Å². The van der Waals surface area contributed by atoms with Crippen molar-refractivity contribution < 1.29 is 14.3 Å². The van der Waals surface area contributed by atoms with Gasteiger partial charge in [-0.1, -0.05) is 101 Å². The van der Waals surface area contributed by atoms with Crippen molar-refractivity contribution in [1.82, 2.24) is 0 Å². The molecule has 4 aliphatic rings. The van der Waals surface area contributed by atoms with Gasteiger partial charge in [-0.3, -0.25) is 14.8 Å². The van der Waals surface area contributed by atoms with E-state index < -0.39 is 21.9 Å². The predicted octanol–water partition coefficient (Wildman–Crippen LogP) is 9.14. The molecule has 0 saturated heterocycles. The monoisotopic (exact) mass is 746 g/mol. The van der Waals surface area contributed by atoms with E-state index in [1.807, 2.05) is 48.8 Å². The number of para-hydroxylation sites is 2. The molecule has 4 atom stereocenters. The van der Waals surface area contributed by atoms with Gasteiger partial charge < -0.3 is 19.3 Å². The van der Waals surface area contributed by atoms with Crippen LogP contribution in [0.5, 0.6) is 11.5 Å². The molecule has 56 heavy (non-hydrogen) atoms. The molecule has 4 aromatic rings. The molecule has 0 bridgehead atoms. The SMILES string of the molecule is COc1ccc(CN2c3ccccc3CC2(C(C)C)C2(C(=O)C3(C4(C(C)C)Cc5ccccc5N4Cc4ccc(OC)cc4)C=CC=NC3)C=CC=NC2)cc1. The first kappa shape index (κ1) is 37.5. The van der Waals surface area contributed by atoms with Crippen LogP contribution in [-0.2, 0) is 30.7 Å². The molecule has 0 aliphatic carbocycles. The number of dihydropyridines is 2. The van der Waals surface area contributed by atoms with Crippen molar-refractivity contribution in [1.29, 1.82) is 0 Å². The first-order valence-electron chi connectivity index (χ1n) is 20.0. The van der Waals surface area contributed by atoms with Crippen LogP contribution in [0, 0.1) is 22.7 Å². The number of ether oxygens (including phenoxy) is 2. The summed E-state index contributed by atoms with van der Waals surface area (Å²) < 4.78 is 11.1. The van der Waals surface area contributed by atoms with Gasteiger partial charge >= 0.3 is 0 Å². The zero-order valence-electron chi connectivity index (χ0n) is 33.6. The molecule has 0 amide bonds. The summed E-state index contributed by atoms with van der Waals surface area (Å²) in [5.41, 5.74) is 3.83. The molecule has 288 valence electrons. The third kappa shape index (κ3) is 5.56. The fourth-order valence-corrected chi connectivity index (χ4v) is 10.9. The van der Waals surface area contributed by atoms with Crippen LogP contribution in [0.25, 0.3) is 0 Å². The minimum Gasteiger partial charge on any atom is -0.497 e. The van der Waals surface area contributed by atoms with Gasteiger partial charge in [0.1, 0.15) is 11.5 Å². The van der Waals surface area contributed by atoms with Gasteiger partial charge in [0.25, 0.3) is 0 Å². The number of fused-ring (bicyclic) bond motifs is 2. The lowest BCUT2D eigenvalue weighted by molar-refractivity contribution is -0.143. The number of hydrogen-bond acceptors (Lipinski definition) is 7. The second-order valence-electron chi connectivity index (χ2n) is 16.6. The number of nitrogens with zero attached hydrogens (tertiary/aromatic N) is 4. The molecule has 0 saturated carbocycles. The summed E-state index contributed by atoms with van der Waals surface area (Å²) in [4.78, 5) is 32.3. The second kappa shape index (κ2) is 14.6. The highest BCUT2D eigenvalue weighted by molar-refractivity contribution is 6.01. The molecule has 8 rings (SSSR count). The van der Waals surface area contributed by atoms with E-state index in [1.54, 1.807) is 14.2 Å². The first-order chi connectivity index (χ1) is 27.2. The molecule has 4 aliphatic heterocycles. The lowest BCUT2D eigenvalue weighted by Crippen LogP contribution is -2.74. The van der Waals surface area contributed by atoms with Gasteiger partial charge in [-0.15, -0.1) is 0 Å². The number of allylic oxidation sites excluding steroid dienone is 2. The van der Waals surface area contributed by atoms with Gasteiger partial charge in [0.2, 0.25) is 0 Å². The van der Waals surface area contributed by atoms with Gasteiger partial charge in [-0.05, 0) is 95.5 Å². The zero-order valence-corrected chi connectivity index (χ0v) is 33.6. The number of ketones is 1. The standard InChI is InChI=1S/C49H54N4O3/c1-35(2)48(29-39-13-7-9-15-43(39)52(48)31-37-17-21-41(55-5)22-18-37)46(25-11-27-50-33-46)45(54)47(26-12-28-51-34-47)49(36(3)4)30-40-14-8-10-16-44(40)53(49)32-38-19-23-42(56-6)24-20-38/h7-28,35-36H,29-34H2,1-6H3. The number of aliphatic imine (C=N–C) groups is 2. The maximum Gasteiger partial charge on any atom is 0.161 e. The molecule has 4 unspecified atom stereocenters. The van der Waals surface area contributed by atoms with Gasteiger partial charge in [0.05, 0.1) is 49.2 Å². The highest BCUT2D eigenvalue weighted by atomic mass is 16.5. The number of carbonyl (C=O) groups is 1. The number of Topliss-reactive ketones (excluding diaryl/α,β-unsaturated/α-hetero) is 1. The molecular weight excluding hydrogens is 693 g/mol. The molecule has 4 aromatic carbocycles. The van der Waals surface area contributed by atoms with Crippen LogP contribution < -0.4 is 19.3 Å². The molecular formula is C49H54N4O3. The molecule has 0 fully saturated rings. The summed E-state index contributed by atoms with van der Waals surface area (Å²) in [6, 6.07) is 34.2. The third-order valence-corrected chi connectivity index (χ3v) is 13.5. The minimum atomic E-state index is -1.01. The molecule has 0 spiro atoms. The van der Waals surface area contributed by atoms with Crippen molar-refractivity contribution in [3.8, 4) is 11.5 Å². The predicted molar refractivity (Wildman–Crippen MR) is 229 cm³/mol. The minimum absolute atomic E-state index is 0.0642.